The van der Waals surface area contributed by atoms with E-state index in [1.165, 1.54) is 18.1 Å². The smallest absolute Gasteiger partial charge is 0.254 e. The molecule has 3 rings (SSSR count). The first-order valence-corrected chi connectivity index (χ1v) is 9.24. The van der Waals surface area contributed by atoms with E-state index in [0.29, 0.717) is 18.5 Å². The number of rotatable bonds is 7. The summed E-state index contributed by atoms with van der Waals surface area (Å²) in [6.07, 6.45) is 7.45. The van der Waals surface area contributed by atoms with Crippen LogP contribution < -0.4 is 5.32 Å². The van der Waals surface area contributed by atoms with Crippen molar-refractivity contribution in [3.63, 3.8) is 0 Å². The Balaban J connectivity index is 1.33. The van der Waals surface area contributed by atoms with E-state index in [-0.39, 0.29) is 11.8 Å². The number of benzene rings is 1. The van der Waals surface area contributed by atoms with Crippen LogP contribution in [0.3, 0.4) is 0 Å². The first-order chi connectivity index (χ1) is 13.2. The van der Waals surface area contributed by atoms with Gasteiger partial charge in [-0.25, -0.2) is 0 Å². The maximum atomic E-state index is 12.3. The number of furan rings is 1. The highest BCUT2D eigenvalue weighted by atomic mass is 16.3. The molecule has 1 aromatic heterocycles. The van der Waals surface area contributed by atoms with Crippen molar-refractivity contribution < 1.29 is 14.0 Å². The highest BCUT2D eigenvalue weighted by Gasteiger charge is 2.20. The van der Waals surface area contributed by atoms with Crippen molar-refractivity contribution in [1.82, 2.24) is 15.1 Å². The third-order valence-corrected chi connectivity index (χ3v) is 4.61. The predicted octanol–water partition coefficient (Wildman–Crippen LogP) is 2.26. The lowest BCUT2D eigenvalue weighted by Gasteiger charge is -2.34. The fourth-order valence-corrected chi connectivity index (χ4v) is 3.02. The lowest BCUT2D eigenvalue weighted by Crippen LogP contribution is -2.49. The molecule has 0 atom stereocenters. The summed E-state index contributed by atoms with van der Waals surface area (Å²) in [5.74, 6) is -0.131. The molecule has 0 unspecified atom stereocenters. The van der Waals surface area contributed by atoms with Crippen molar-refractivity contribution in [1.29, 1.82) is 0 Å². The molecular formula is C21H25N3O3. The van der Waals surface area contributed by atoms with Gasteiger partial charge in [-0.3, -0.25) is 14.5 Å². The number of carbonyl (C=O) groups is 2. The summed E-state index contributed by atoms with van der Waals surface area (Å²) in [5.41, 5.74) is 1.67. The molecule has 6 heteroatoms. The van der Waals surface area contributed by atoms with Crippen LogP contribution in [-0.2, 0) is 4.79 Å². The normalized spacial score (nSPS) is 15.2. The third-order valence-electron chi connectivity index (χ3n) is 4.61. The van der Waals surface area contributed by atoms with Crippen LogP contribution in [-0.4, -0.2) is 60.9 Å². The topological polar surface area (TPSA) is 65.8 Å². The van der Waals surface area contributed by atoms with E-state index in [4.69, 9.17) is 4.42 Å². The lowest BCUT2D eigenvalue weighted by atomic mass is 10.2. The minimum atomic E-state index is -0.216. The summed E-state index contributed by atoms with van der Waals surface area (Å²) in [6.45, 7) is 4.42. The largest absolute Gasteiger partial charge is 0.472 e. The van der Waals surface area contributed by atoms with Crippen LogP contribution in [0.25, 0.3) is 6.08 Å². The Morgan fingerprint density at radius 3 is 2.56 bits per heavy atom. The Morgan fingerprint density at radius 2 is 1.85 bits per heavy atom. The van der Waals surface area contributed by atoms with E-state index in [2.05, 4.69) is 34.5 Å². The number of amides is 2. The number of hydrogen-bond acceptors (Lipinski definition) is 4. The molecule has 0 spiro atoms. The van der Waals surface area contributed by atoms with Crippen LogP contribution >= 0.6 is 0 Å². The highest BCUT2D eigenvalue weighted by Crippen LogP contribution is 2.06. The fraction of sp³-hybridized carbons (Fsp3) is 0.333. The molecule has 142 valence electrons. The maximum Gasteiger partial charge on any atom is 0.254 e. The van der Waals surface area contributed by atoms with Gasteiger partial charge in [0, 0.05) is 45.7 Å². The second-order valence-electron chi connectivity index (χ2n) is 6.51. The average molecular weight is 367 g/mol. The van der Waals surface area contributed by atoms with Gasteiger partial charge in [0.1, 0.15) is 6.26 Å². The zero-order valence-corrected chi connectivity index (χ0v) is 15.3. The van der Waals surface area contributed by atoms with Gasteiger partial charge >= 0.3 is 0 Å². The van der Waals surface area contributed by atoms with Gasteiger partial charge in [0.25, 0.3) is 5.91 Å². The molecule has 1 N–H and O–H groups in total. The standard InChI is InChI=1S/C21H25N3O3/c25-20(8-10-22-21(26)19-9-16-27-17-19)24-14-12-23(13-15-24)11-4-7-18-5-2-1-3-6-18/h1-7,9,16-17H,8,10-15H2,(H,22,26)/b7-4+. The average Bonchev–Trinajstić information content (AvgIpc) is 3.24. The van der Waals surface area contributed by atoms with Crippen molar-refractivity contribution in [3.8, 4) is 0 Å². The SMILES string of the molecule is O=C(NCCC(=O)N1CCN(C/C=C/c2ccccc2)CC1)c1ccoc1. The second kappa shape index (κ2) is 9.73. The van der Waals surface area contributed by atoms with Gasteiger partial charge in [-0.15, -0.1) is 0 Å². The first kappa shape index (κ1) is 18.9. The molecule has 1 saturated heterocycles. The molecule has 1 fully saturated rings. The van der Waals surface area contributed by atoms with Crippen LogP contribution in [0.15, 0.2) is 59.4 Å². The van der Waals surface area contributed by atoms with E-state index in [0.717, 1.165) is 32.7 Å². The van der Waals surface area contributed by atoms with E-state index < -0.39 is 0 Å². The second-order valence-corrected chi connectivity index (χ2v) is 6.51. The molecule has 27 heavy (non-hydrogen) atoms. The van der Waals surface area contributed by atoms with Crippen LogP contribution in [0.4, 0.5) is 0 Å². The summed E-state index contributed by atoms with van der Waals surface area (Å²) in [7, 11) is 0. The number of piperazine rings is 1. The van der Waals surface area contributed by atoms with Crippen molar-refractivity contribution in [3.05, 3.63) is 66.1 Å². The van der Waals surface area contributed by atoms with Crippen LogP contribution in [0.5, 0.6) is 0 Å². The minimum Gasteiger partial charge on any atom is -0.472 e. The van der Waals surface area contributed by atoms with Gasteiger partial charge < -0.3 is 14.6 Å². The van der Waals surface area contributed by atoms with E-state index in [1.807, 2.05) is 23.1 Å². The lowest BCUT2D eigenvalue weighted by molar-refractivity contribution is -0.132. The Morgan fingerprint density at radius 1 is 1.07 bits per heavy atom. The third kappa shape index (κ3) is 5.82. The van der Waals surface area contributed by atoms with Crippen molar-refractivity contribution >= 4 is 17.9 Å². The number of carbonyl (C=O) groups excluding carboxylic acids is 2. The summed E-state index contributed by atoms with van der Waals surface area (Å²) in [6, 6.07) is 11.8. The van der Waals surface area contributed by atoms with Gasteiger partial charge in [-0.2, -0.15) is 0 Å². The quantitative estimate of drug-likeness (QED) is 0.815. The van der Waals surface area contributed by atoms with Gasteiger partial charge in [0.05, 0.1) is 11.8 Å². The number of hydrogen-bond donors (Lipinski definition) is 1. The van der Waals surface area contributed by atoms with Gasteiger partial charge in [0.15, 0.2) is 0 Å². The summed E-state index contributed by atoms with van der Waals surface area (Å²) in [5, 5.41) is 2.74. The molecule has 6 nitrogen and oxygen atoms in total. The highest BCUT2D eigenvalue weighted by molar-refractivity contribution is 5.94. The molecule has 2 amide bonds. The van der Waals surface area contributed by atoms with Crippen molar-refractivity contribution in [2.75, 3.05) is 39.3 Å². The molecular weight excluding hydrogens is 342 g/mol. The Bertz CT molecular complexity index is 748. The number of nitrogens with one attached hydrogen (secondary N) is 1. The van der Waals surface area contributed by atoms with E-state index >= 15 is 0 Å². The maximum absolute atomic E-state index is 12.3. The van der Waals surface area contributed by atoms with E-state index in [1.54, 1.807) is 6.07 Å². The Kier molecular flexibility index (Phi) is 6.82. The summed E-state index contributed by atoms with van der Waals surface area (Å²) < 4.78 is 4.88. The van der Waals surface area contributed by atoms with Crippen LogP contribution in [0, 0.1) is 0 Å². The predicted molar refractivity (Wildman–Crippen MR) is 104 cm³/mol. The Hall–Kier alpha value is -2.86. The molecule has 2 heterocycles. The number of nitrogens with zero attached hydrogens (tertiary/aromatic N) is 2. The monoisotopic (exact) mass is 367 g/mol. The first-order valence-electron chi connectivity index (χ1n) is 9.24. The molecule has 1 aliphatic rings. The molecule has 0 bridgehead atoms. The van der Waals surface area contributed by atoms with Crippen molar-refractivity contribution in [2.45, 2.75) is 6.42 Å². The molecule has 0 aliphatic carbocycles. The molecule has 1 aliphatic heterocycles. The minimum absolute atomic E-state index is 0.0852. The Labute approximate surface area is 159 Å². The summed E-state index contributed by atoms with van der Waals surface area (Å²) >= 11 is 0. The van der Waals surface area contributed by atoms with Crippen LogP contribution in [0.2, 0.25) is 0 Å². The zero-order valence-electron chi connectivity index (χ0n) is 15.3. The van der Waals surface area contributed by atoms with E-state index in [9.17, 15) is 9.59 Å². The molecule has 2 aromatic rings. The molecule has 1 aromatic carbocycles. The fourth-order valence-electron chi connectivity index (χ4n) is 3.02. The zero-order chi connectivity index (χ0) is 18.9. The van der Waals surface area contributed by atoms with Gasteiger partial charge in [-0.1, -0.05) is 42.5 Å². The van der Waals surface area contributed by atoms with Crippen LogP contribution in [0.1, 0.15) is 22.3 Å². The molecule has 0 saturated carbocycles. The molecule has 0 radical (unpaired) electrons. The summed E-state index contributed by atoms with van der Waals surface area (Å²) in [4.78, 5) is 28.3. The van der Waals surface area contributed by atoms with Gasteiger partial charge in [0.2, 0.25) is 5.91 Å². The van der Waals surface area contributed by atoms with Crippen molar-refractivity contribution in [2.24, 2.45) is 0 Å². The van der Waals surface area contributed by atoms with Gasteiger partial charge in [-0.05, 0) is 11.6 Å².